The number of nitro benzene ring substituents is 1. The molecule has 0 bridgehead atoms. The Morgan fingerprint density at radius 1 is 1.00 bits per heavy atom. The standard InChI is InChI=1S/C26H29N5O3/c1-19-17-25(23-6-2-3-7-24(23)27-19)28-13-15-29(16-14-28)26(32)20-5-4-12-30(18-20)21-8-10-22(11-9-21)31(33)34/h2-3,6-11,17,20H,4-5,12-16,18H2,1H3. The summed E-state index contributed by atoms with van der Waals surface area (Å²) in [6.45, 7) is 6.57. The fourth-order valence-electron chi connectivity index (χ4n) is 5.17. The molecule has 34 heavy (non-hydrogen) atoms. The molecule has 2 aliphatic heterocycles. The topological polar surface area (TPSA) is 82.8 Å². The molecule has 0 N–H and O–H groups in total. The second kappa shape index (κ2) is 9.29. The van der Waals surface area contributed by atoms with Crippen molar-refractivity contribution in [2.24, 2.45) is 5.92 Å². The van der Waals surface area contributed by atoms with Gasteiger partial charge in [-0.05, 0) is 44.0 Å². The summed E-state index contributed by atoms with van der Waals surface area (Å²) >= 11 is 0. The first-order valence-electron chi connectivity index (χ1n) is 11.9. The highest BCUT2D eigenvalue weighted by atomic mass is 16.6. The molecule has 3 aromatic rings. The van der Waals surface area contributed by atoms with E-state index in [-0.39, 0.29) is 22.4 Å². The van der Waals surface area contributed by atoms with Crippen LogP contribution < -0.4 is 9.80 Å². The van der Waals surface area contributed by atoms with E-state index in [9.17, 15) is 14.9 Å². The lowest BCUT2D eigenvalue weighted by atomic mass is 9.95. The van der Waals surface area contributed by atoms with Crippen LogP contribution in [-0.4, -0.2) is 60.0 Å². The minimum Gasteiger partial charge on any atom is -0.371 e. The van der Waals surface area contributed by atoms with E-state index in [2.05, 4.69) is 26.9 Å². The highest BCUT2D eigenvalue weighted by Crippen LogP contribution is 2.29. The average Bonchev–Trinajstić information content (AvgIpc) is 2.88. The predicted octanol–water partition coefficient (Wildman–Crippen LogP) is 4.02. The van der Waals surface area contributed by atoms with Gasteiger partial charge in [0.2, 0.25) is 5.91 Å². The second-order valence-electron chi connectivity index (χ2n) is 9.17. The minimum atomic E-state index is -0.387. The molecule has 8 heteroatoms. The summed E-state index contributed by atoms with van der Waals surface area (Å²) < 4.78 is 0. The van der Waals surface area contributed by atoms with Crippen molar-refractivity contribution in [1.82, 2.24) is 9.88 Å². The van der Waals surface area contributed by atoms with E-state index in [0.717, 1.165) is 54.8 Å². The number of hydrogen-bond donors (Lipinski definition) is 0. The SMILES string of the molecule is Cc1cc(N2CCN(C(=O)C3CCCN(c4ccc([N+](=O)[O-])cc4)C3)CC2)c2ccccc2n1. The summed E-state index contributed by atoms with van der Waals surface area (Å²) in [6, 6.07) is 17.0. The second-order valence-corrected chi connectivity index (χ2v) is 9.17. The number of carbonyl (C=O) groups excluding carboxylic acids is 1. The van der Waals surface area contributed by atoms with Crippen LogP contribution >= 0.6 is 0 Å². The fourth-order valence-corrected chi connectivity index (χ4v) is 5.17. The van der Waals surface area contributed by atoms with Gasteiger partial charge < -0.3 is 14.7 Å². The first-order valence-corrected chi connectivity index (χ1v) is 11.9. The molecular formula is C26H29N5O3. The van der Waals surface area contributed by atoms with Gasteiger partial charge in [0, 0.05) is 73.9 Å². The van der Waals surface area contributed by atoms with Gasteiger partial charge in [0.05, 0.1) is 16.4 Å². The third-order valence-corrected chi connectivity index (χ3v) is 6.95. The van der Waals surface area contributed by atoms with Crippen LogP contribution in [0.5, 0.6) is 0 Å². The number of piperidine rings is 1. The molecular weight excluding hydrogens is 430 g/mol. The summed E-state index contributed by atoms with van der Waals surface area (Å²) in [5.74, 6) is 0.182. The molecule has 1 aromatic heterocycles. The summed E-state index contributed by atoms with van der Waals surface area (Å²) in [4.78, 5) is 35.1. The number of amides is 1. The lowest BCUT2D eigenvalue weighted by Crippen LogP contribution is -2.52. The Hall–Kier alpha value is -3.68. The highest BCUT2D eigenvalue weighted by molar-refractivity contribution is 5.92. The lowest BCUT2D eigenvalue weighted by molar-refractivity contribution is -0.384. The van der Waals surface area contributed by atoms with Gasteiger partial charge in [0.1, 0.15) is 0 Å². The molecule has 0 saturated carbocycles. The summed E-state index contributed by atoms with van der Waals surface area (Å²) in [6.07, 6.45) is 1.83. The molecule has 1 amide bonds. The van der Waals surface area contributed by atoms with E-state index in [4.69, 9.17) is 0 Å². The Labute approximate surface area is 198 Å². The van der Waals surface area contributed by atoms with Gasteiger partial charge in [0.25, 0.3) is 5.69 Å². The molecule has 2 aliphatic rings. The maximum atomic E-state index is 13.4. The van der Waals surface area contributed by atoms with E-state index in [1.165, 1.54) is 17.8 Å². The molecule has 1 unspecified atom stereocenters. The zero-order valence-electron chi connectivity index (χ0n) is 19.4. The maximum Gasteiger partial charge on any atom is 0.269 e. The Morgan fingerprint density at radius 2 is 1.74 bits per heavy atom. The molecule has 0 spiro atoms. The summed E-state index contributed by atoms with van der Waals surface area (Å²) in [5, 5.41) is 12.1. The molecule has 0 radical (unpaired) electrons. The number of aryl methyl sites for hydroxylation is 1. The van der Waals surface area contributed by atoms with Crippen molar-refractivity contribution in [2.75, 3.05) is 49.1 Å². The average molecular weight is 460 g/mol. The zero-order valence-corrected chi connectivity index (χ0v) is 19.4. The molecule has 176 valence electrons. The number of benzene rings is 2. The molecule has 1 atom stereocenters. The van der Waals surface area contributed by atoms with Crippen LogP contribution in [0.3, 0.4) is 0 Å². The zero-order chi connectivity index (χ0) is 23.7. The van der Waals surface area contributed by atoms with E-state index in [1.807, 2.05) is 30.0 Å². The van der Waals surface area contributed by atoms with Crippen molar-refractivity contribution >= 4 is 33.9 Å². The van der Waals surface area contributed by atoms with Gasteiger partial charge in [-0.25, -0.2) is 0 Å². The van der Waals surface area contributed by atoms with E-state index in [1.54, 1.807) is 12.1 Å². The maximum absolute atomic E-state index is 13.4. The third kappa shape index (κ3) is 4.40. The molecule has 2 saturated heterocycles. The first kappa shape index (κ1) is 22.1. The minimum absolute atomic E-state index is 0.0421. The molecule has 8 nitrogen and oxygen atoms in total. The largest absolute Gasteiger partial charge is 0.371 e. The molecule has 0 aliphatic carbocycles. The summed E-state index contributed by atoms with van der Waals surface area (Å²) in [5.41, 5.74) is 4.22. The number of aromatic nitrogens is 1. The molecule has 2 fully saturated rings. The van der Waals surface area contributed by atoms with Crippen LogP contribution in [0.4, 0.5) is 17.1 Å². The highest BCUT2D eigenvalue weighted by Gasteiger charge is 2.31. The third-order valence-electron chi connectivity index (χ3n) is 6.95. The Kier molecular flexibility index (Phi) is 6.04. The van der Waals surface area contributed by atoms with E-state index >= 15 is 0 Å². The van der Waals surface area contributed by atoms with Crippen LogP contribution in [0.15, 0.2) is 54.6 Å². The van der Waals surface area contributed by atoms with Crippen LogP contribution in [-0.2, 0) is 4.79 Å². The number of fused-ring (bicyclic) bond motifs is 1. The van der Waals surface area contributed by atoms with Gasteiger partial charge in [0.15, 0.2) is 0 Å². The van der Waals surface area contributed by atoms with Crippen molar-refractivity contribution in [2.45, 2.75) is 19.8 Å². The smallest absolute Gasteiger partial charge is 0.269 e. The van der Waals surface area contributed by atoms with Crippen molar-refractivity contribution in [1.29, 1.82) is 0 Å². The van der Waals surface area contributed by atoms with Gasteiger partial charge in [-0.2, -0.15) is 0 Å². The normalized spacial score (nSPS) is 18.9. The number of rotatable bonds is 4. The van der Waals surface area contributed by atoms with Crippen LogP contribution in [0.2, 0.25) is 0 Å². The number of piperazine rings is 1. The number of non-ortho nitro benzene ring substituents is 1. The predicted molar refractivity (Wildman–Crippen MR) is 133 cm³/mol. The number of anilines is 2. The summed E-state index contributed by atoms with van der Waals surface area (Å²) in [7, 11) is 0. The number of carbonyl (C=O) groups is 1. The van der Waals surface area contributed by atoms with Crippen molar-refractivity contribution in [3.63, 3.8) is 0 Å². The van der Waals surface area contributed by atoms with Crippen LogP contribution in [0.25, 0.3) is 10.9 Å². The first-order chi connectivity index (χ1) is 16.5. The van der Waals surface area contributed by atoms with Gasteiger partial charge >= 0.3 is 0 Å². The van der Waals surface area contributed by atoms with Crippen LogP contribution in [0.1, 0.15) is 18.5 Å². The van der Waals surface area contributed by atoms with Crippen molar-refractivity contribution < 1.29 is 9.72 Å². The van der Waals surface area contributed by atoms with Gasteiger partial charge in [-0.3, -0.25) is 19.9 Å². The van der Waals surface area contributed by atoms with Gasteiger partial charge in [-0.1, -0.05) is 18.2 Å². The fraction of sp³-hybridized carbons (Fsp3) is 0.385. The number of hydrogen-bond acceptors (Lipinski definition) is 6. The Bertz CT molecular complexity index is 1200. The van der Waals surface area contributed by atoms with Crippen molar-refractivity contribution in [3.8, 4) is 0 Å². The Balaban J connectivity index is 1.23. The van der Waals surface area contributed by atoms with E-state index < -0.39 is 0 Å². The number of para-hydroxylation sites is 1. The number of nitro groups is 1. The van der Waals surface area contributed by atoms with Gasteiger partial charge in [-0.15, -0.1) is 0 Å². The molecule has 5 rings (SSSR count). The number of pyridine rings is 1. The molecule has 2 aromatic carbocycles. The number of nitrogens with zero attached hydrogens (tertiary/aromatic N) is 5. The van der Waals surface area contributed by atoms with Crippen molar-refractivity contribution in [3.05, 3.63) is 70.4 Å². The van der Waals surface area contributed by atoms with Crippen LogP contribution in [0, 0.1) is 23.0 Å². The lowest BCUT2D eigenvalue weighted by Gasteiger charge is -2.40. The quantitative estimate of drug-likeness (QED) is 0.433. The van der Waals surface area contributed by atoms with E-state index in [0.29, 0.717) is 19.6 Å². The monoisotopic (exact) mass is 459 g/mol. The Morgan fingerprint density at radius 3 is 2.47 bits per heavy atom. The molecule has 3 heterocycles.